The summed E-state index contributed by atoms with van der Waals surface area (Å²) in [6.45, 7) is 6.20. The fourth-order valence-electron chi connectivity index (χ4n) is 3.45. The fraction of sp³-hybridized carbons (Fsp3) is 0.500. The van der Waals surface area contributed by atoms with Gasteiger partial charge in [-0.15, -0.1) is 0 Å². The van der Waals surface area contributed by atoms with Crippen LogP contribution in [0.25, 0.3) is 0 Å². The lowest BCUT2D eigenvalue weighted by Crippen LogP contribution is -2.41. The minimum absolute atomic E-state index is 0.0155. The van der Waals surface area contributed by atoms with E-state index in [0.29, 0.717) is 17.7 Å². The molecule has 2 heterocycles. The molecule has 0 saturated carbocycles. The molecule has 2 aromatic rings. The minimum atomic E-state index is -0.157. The number of carbonyl (C=O) groups excluding carboxylic acids is 2. The summed E-state index contributed by atoms with van der Waals surface area (Å²) in [6.07, 6.45) is 5.01. The SMILES string of the molecule is CCCN(CCC)C(=O)c1cccc(C(=O)N[C@H]2CCc3ncnn3C2)c1. The van der Waals surface area contributed by atoms with E-state index in [2.05, 4.69) is 29.2 Å². The van der Waals surface area contributed by atoms with Crippen molar-refractivity contribution in [2.75, 3.05) is 13.1 Å². The summed E-state index contributed by atoms with van der Waals surface area (Å²) in [4.78, 5) is 31.5. The molecule has 1 aliphatic heterocycles. The Balaban J connectivity index is 1.67. The first-order valence-electron chi connectivity index (χ1n) is 9.69. The number of hydrogen-bond acceptors (Lipinski definition) is 4. The van der Waals surface area contributed by atoms with Crippen molar-refractivity contribution >= 4 is 11.8 Å². The molecule has 7 nitrogen and oxygen atoms in total. The van der Waals surface area contributed by atoms with Crippen molar-refractivity contribution in [2.45, 2.75) is 52.1 Å². The summed E-state index contributed by atoms with van der Waals surface area (Å²) in [5.41, 5.74) is 1.07. The van der Waals surface area contributed by atoms with Crippen LogP contribution < -0.4 is 5.32 Å². The van der Waals surface area contributed by atoms with Gasteiger partial charge in [-0.3, -0.25) is 9.59 Å². The molecule has 0 radical (unpaired) electrons. The van der Waals surface area contributed by atoms with Gasteiger partial charge in [-0.2, -0.15) is 5.10 Å². The summed E-state index contributed by atoms with van der Waals surface area (Å²) in [7, 11) is 0. The van der Waals surface area contributed by atoms with E-state index in [9.17, 15) is 9.59 Å². The second kappa shape index (κ2) is 8.79. The maximum Gasteiger partial charge on any atom is 0.253 e. The van der Waals surface area contributed by atoms with Gasteiger partial charge < -0.3 is 10.2 Å². The predicted molar refractivity (Wildman–Crippen MR) is 103 cm³/mol. The van der Waals surface area contributed by atoms with E-state index in [4.69, 9.17) is 0 Å². The summed E-state index contributed by atoms with van der Waals surface area (Å²) in [5.74, 6) is 0.786. The fourth-order valence-corrected chi connectivity index (χ4v) is 3.45. The molecule has 0 spiro atoms. The van der Waals surface area contributed by atoms with E-state index in [1.54, 1.807) is 30.6 Å². The Hall–Kier alpha value is -2.70. The van der Waals surface area contributed by atoms with Crippen LogP contribution in [-0.2, 0) is 13.0 Å². The standard InChI is InChI=1S/C20H27N5O2/c1-3-10-24(11-4-2)20(27)16-7-5-6-15(12-16)19(26)23-17-8-9-18-21-14-22-25(18)13-17/h5-7,12,14,17H,3-4,8-11,13H2,1-2H3,(H,23,26)/t17-/m0/s1. The van der Waals surface area contributed by atoms with Crippen molar-refractivity contribution in [3.8, 4) is 0 Å². The van der Waals surface area contributed by atoms with Crippen molar-refractivity contribution in [3.05, 3.63) is 47.5 Å². The maximum absolute atomic E-state index is 12.8. The van der Waals surface area contributed by atoms with E-state index in [1.165, 1.54) is 0 Å². The molecule has 1 N–H and O–H groups in total. The number of nitrogens with one attached hydrogen (secondary N) is 1. The Morgan fingerprint density at radius 3 is 2.70 bits per heavy atom. The molecule has 1 aromatic heterocycles. The second-order valence-electron chi connectivity index (χ2n) is 6.94. The number of hydrogen-bond donors (Lipinski definition) is 1. The molecule has 0 saturated heterocycles. The summed E-state index contributed by atoms with van der Waals surface area (Å²) >= 11 is 0. The number of aryl methyl sites for hydroxylation is 1. The zero-order valence-corrected chi connectivity index (χ0v) is 16.0. The van der Waals surface area contributed by atoms with Gasteiger partial charge in [0.2, 0.25) is 0 Å². The average Bonchev–Trinajstić information content (AvgIpc) is 3.15. The van der Waals surface area contributed by atoms with Gasteiger partial charge in [-0.25, -0.2) is 9.67 Å². The Bertz CT molecular complexity index is 795. The Kier molecular flexibility index (Phi) is 6.21. The number of benzene rings is 1. The third-order valence-corrected chi connectivity index (χ3v) is 4.79. The highest BCUT2D eigenvalue weighted by Crippen LogP contribution is 2.14. The van der Waals surface area contributed by atoms with Crippen molar-refractivity contribution in [2.24, 2.45) is 0 Å². The molecule has 144 valence electrons. The lowest BCUT2D eigenvalue weighted by atomic mass is 10.1. The van der Waals surface area contributed by atoms with Gasteiger partial charge in [0.25, 0.3) is 11.8 Å². The molecule has 1 atom stereocenters. The van der Waals surface area contributed by atoms with E-state index in [0.717, 1.165) is 44.6 Å². The van der Waals surface area contributed by atoms with Crippen LogP contribution in [0.2, 0.25) is 0 Å². The predicted octanol–water partition coefficient (Wildman–Crippen LogP) is 2.29. The largest absolute Gasteiger partial charge is 0.347 e. The molecule has 2 amide bonds. The number of carbonyl (C=O) groups is 2. The van der Waals surface area contributed by atoms with Gasteiger partial charge in [0.15, 0.2) is 0 Å². The van der Waals surface area contributed by atoms with Gasteiger partial charge in [0, 0.05) is 36.7 Å². The Labute approximate surface area is 159 Å². The van der Waals surface area contributed by atoms with E-state index < -0.39 is 0 Å². The van der Waals surface area contributed by atoms with Gasteiger partial charge in [0.05, 0.1) is 6.54 Å². The number of aromatic nitrogens is 3. The van der Waals surface area contributed by atoms with E-state index >= 15 is 0 Å². The molecule has 1 aromatic carbocycles. The summed E-state index contributed by atoms with van der Waals surface area (Å²) in [5, 5.41) is 7.24. The number of fused-ring (bicyclic) bond motifs is 1. The highest BCUT2D eigenvalue weighted by atomic mass is 16.2. The van der Waals surface area contributed by atoms with Crippen molar-refractivity contribution in [3.63, 3.8) is 0 Å². The van der Waals surface area contributed by atoms with Crippen LogP contribution in [-0.4, -0.2) is 50.6 Å². The van der Waals surface area contributed by atoms with E-state index in [-0.39, 0.29) is 17.9 Å². The summed E-state index contributed by atoms with van der Waals surface area (Å²) < 4.78 is 1.84. The lowest BCUT2D eigenvalue weighted by molar-refractivity contribution is 0.0755. The molecule has 0 bridgehead atoms. The van der Waals surface area contributed by atoms with Gasteiger partial charge in [-0.05, 0) is 37.5 Å². The second-order valence-corrected chi connectivity index (χ2v) is 6.94. The first-order valence-corrected chi connectivity index (χ1v) is 9.69. The highest BCUT2D eigenvalue weighted by Gasteiger charge is 2.22. The number of amides is 2. The Morgan fingerprint density at radius 2 is 1.96 bits per heavy atom. The van der Waals surface area contributed by atoms with Crippen LogP contribution in [0.1, 0.15) is 59.7 Å². The normalized spacial score (nSPS) is 15.9. The smallest absolute Gasteiger partial charge is 0.253 e. The summed E-state index contributed by atoms with van der Waals surface area (Å²) in [6, 6.07) is 7.01. The molecule has 1 aliphatic rings. The molecule has 27 heavy (non-hydrogen) atoms. The number of rotatable bonds is 7. The third-order valence-electron chi connectivity index (χ3n) is 4.79. The molecule has 0 unspecified atom stereocenters. The molecule has 0 fully saturated rings. The van der Waals surface area contributed by atoms with Gasteiger partial charge in [0.1, 0.15) is 12.2 Å². The van der Waals surface area contributed by atoms with Crippen LogP contribution in [0.15, 0.2) is 30.6 Å². The molecular weight excluding hydrogens is 342 g/mol. The zero-order valence-electron chi connectivity index (χ0n) is 16.0. The van der Waals surface area contributed by atoms with Gasteiger partial charge in [-0.1, -0.05) is 19.9 Å². The number of nitrogens with zero attached hydrogens (tertiary/aromatic N) is 4. The van der Waals surface area contributed by atoms with Crippen LogP contribution in [0.5, 0.6) is 0 Å². The van der Waals surface area contributed by atoms with E-state index in [1.807, 2.05) is 9.58 Å². The lowest BCUT2D eigenvalue weighted by Gasteiger charge is -2.24. The minimum Gasteiger partial charge on any atom is -0.347 e. The van der Waals surface area contributed by atoms with Crippen molar-refractivity contribution in [1.82, 2.24) is 25.0 Å². The van der Waals surface area contributed by atoms with Crippen LogP contribution in [0, 0.1) is 0 Å². The maximum atomic E-state index is 12.8. The van der Waals surface area contributed by atoms with Crippen molar-refractivity contribution < 1.29 is 9.59 Å². The third kappa shape index (κ3) is 4.53. The van der Waals surface area contributed by atoms with Gasteiger partial charge >= 0.3 is 0 Å². The average molecular weight is 369 g/mol. The van der Waals surface area contributed by atoms with Crippen molar-refractivity contribution in [1.29, 1.82) is 0 Å². The first-order chi connectivity index (χ1) is 13.1. The monoisotopic (exact) mass is 369 g/mol. The molecule has 3 rings (SSSR count). The van der Waals surface area contributed by atoms with Crippen LogP contribution >= 0.6 is 0 Å². The molecular formula is C20H27N5O2. The van der Waals surface area contributed by atoms with Crippen LogP contribution in [0.4, 0.5) is 0 Å². The topological polar surface area (TPSA) is 80.1 Å². The molecule has 0 aliphatic carbocycles. The first kappa shape index (κ1) is 19.1. The highest BCUT2D eigenvalue weighted by molar-refractivity contribution is 5.99. The Morgan fingerprint density at radius 1 is 1.22 bits per heavy atom. The zero-order chi connectivity index (χ0) is 19.2. The quantitative estimate of drug-likeness (QED) is 0.812. The van der Waals surface area contributed by atoms with Crippen LogP contribution in [0.3, 0.4) is 0 Å². The molecule has 7 heteroatoms.